The average Bonchev–Trinajstić information content (AvgIpc) is 1.17. The summed E-state index contributed by atoms with van der Waals surface area (Å²) in [5.74, 6) is 0. The molecule has 0 N–H and O–H groups in total. The van der Waals surface area contributed by atoms with Crippen molar-refractivity contribution in [2.45, 2.75) is 51.4 Å². The lowest BCUT2D eigenvalue weighted by Gasteiger charge is -2.33. The van der Waals surface area contributed by atoms with E-state index in [4.69, 9.17) is 0 Å². The van der Waals surface area contributed by atoms with Crippen molar-refractivity contribution in [1.29, 1.82) is 0 Å². The van der Waals surface area contributed by atoms with E-state index < -0.39 is 0 Å². The molecule has 0 spiro atoms. The third-order valence-electron chi connectivity index (χ3n) is 21.8. The first-order chi connectivity index (χ1) is 51.6. The van der Waals surface area contributed by atoms with E-state index in [0.29, 0.717) is 0 Å². The van der Waals surface area contributed by atoms with Gasteiger partial charge in [-0.05, 0) is 193 Å². The summed E-state index contributed by atoms with van der Waals surface area (Å²) < 4.78 is 5.08. The van der Waals surface area contributed by atoms with Crippen LogP contribution in [-0.4, -0.2) is 9.13 Å². The summed E-state index contributed by atoms with van der Waals surface area (Å²) in [5, 5.41) is 15.3. The number of hydrogen-bond donors (Lipinski definition) is 0. The molecule has 0 atom stereocenters. The second-order valence-electron chi connectivity index (χ2n) is 28.0. The van der Waals surface area contributed by atoms with Crippen molar-refractivity contribution in [3.05, 3.63) is 384 Å². The minimum absolute atomic E-state index is 1.10. The Balaban J connectivity index is 0.000000150. The predicted molar refractivity (Wildman–Crippen MR) is 445 cm³/mol. The van der Waals surface area contributed by atoms with Crippen molar-refractivity contribution < 1.29 is 0 Å². The molecule has 0 fully saturated rings. The zero-order chi connectivity index (χ0) is 68.9. The second-order valence-corrected chi connectivity index (χ2v) is 28.0. The van der Waals surface area contributed by atoms with Crippen molar-refractivity contribution in [3.63, 3.8) is 0 Å². The molecule has 18 aromatic rings. The first kappa shape index (κ1) is 62.3. The molecule has 2 aliphatic rings. The van der Waals surface area contributed by atoms with Crippen LogP contribution in [0.3, 0.4) is 0 Å². The van der Waals surface area contributed by atoms with E-state index in [9.17, 15) is 0 Å². The fraction of sp³-hybridized carbons (Fsp3) is 0.0800. The fourth-order valence-electron chi connectivity index (χ4n) is 17.0. The van der Waals surface area contributed by atoms with E-state index in [0.717, 1.165) is 59.6 Å². The number of rotatable bonds is 12. The molecule has 20 rings (SSSR count). The van der Waals surface area contributed by atoms with Crippen LogP contribution in [0, 0.1) is 0 Å². The molecular formula is C100H76N4. The highest BCUT2D eigenvalue weighted by atomic mass is 15.2. The minimum atomic E-state index is 1.10. The van der Waals surface area contributed by atoms with E-state index in [-0.39, 0.29) is 0 Å². The fourth-order valence-corrected chi connectivity index (χ4v) is 17.0. The number of hydrogen-bond acceptors (Lipinski definition) is 2. The summed E-state index contributed by atoms with van der Waals surface area (Å²) in [6.07, 6.45) is 18.2. The second kappa shape index (κ2) is 27.0. The largest absolute Gasteiger partial charge is 0.309 e. The third-order valence-corrected chi connectivity index (χ3v) is 21.8. The quantitative estimate of drug-likeness (QED) is 0.0689. The highest BCUT2D eigenvalue weighted by molar-refractivity contribution is 6.25. The Morgan fingerprint density at radius 2 is 0.442 bits per heavy atom. The number of aromatic nitrogens is 2. The summed E-state index contributed by atoms with van der Waals surface area (Å²) in [4.78, 5) is 4.96. The smallest absolute Gasteiger partial charge is 0.0620 e. The first-order valence-electron chi connectivity index (χ1n) is 37.0. The van der Waals surface area contributed by atoms with Gasteiger partial charge in [-0.3, -0.25) is 0 Å². The lowest BCUT2D eigenvalue weighted by Crippen LogP contribution is -2.15. The number of aryl methyl sites for hydroxylation is 4. The monoisotopic (exact) mass is 1330 g/mol. The van der Waals surface area contributed by atoms with Crippen molar-refractivity contribution in [1.82, 2.24) is 9.13 Å². The number of benzene rings is 16. The lowest BCUT2D eigenvalue weighted by molar-refractivity contribution is 0.687. The molecule has 4 nitrogen and oxygen atoms in total. The van der Waals surface area contributed by atoms with Crippen LogP contribution in [0.15, 0.2) is 340 Å². The summed E-state index contributed by atoms with van der Waals surface area (Å²) in [5.41, 5.74) is 25.1. The first-order valence-corrected chi connectivity index (χ1v) is 37.0. The maximum absolute atomic E-state index is 2.55. The zero-order valence-corrected chi connectivity index (χ0v) is 58.1. The molecule has 0 radical (unpaired) electrons. The molecule has 0 saturated heterocycles. The zero-order valence-electron chi connectivity index (χ0n) is 58.1. The van der Waals surface area contributed by atoms with E-state index in [2.05, 4.69) is 383 Å². The van der Waals surface area contributed by atoms with Gasteiger partial charge >= 0.3 is 0 Å². The van der Waals surface area contributed by atoms with E-state index in [1.165, 1.54) is 169 Å². The van der Waals surface area contributed by atoms with Gasteiger partial charge in [0.05, 0.1) is 44.8 Å². The van der Waals surface area contributed by atoms with Crippen LogP contribution in [0.1, 0.15) is 70.2 Å². The number of anilines is 6. The molecule has 0 saturated carbocycles. The summed E-state index contributed by atoms with van der Waals surface area (Å²) in [6.45, 7) is 0. The Labute approximate surface area is 607 Å². The van der Waals surface area contributed by atoms with Gasteiger partial charge < -0.3 is 18.9 Å². The SMILES string of the molecule is C(=C\c1ccc(N(c2ccccc2)c2c3ccccc3c(N(c3ccccc3)c3ccc(/C=C/c4ccccc4)cc3)c3cc4c(cc23)CCCC4)cc1)/c1ccccc1.c1ccc2c(-n3c4ccccc4c4ccccc43)c3cc4c(cc3c(-n3c5ccccc5c5ccccc53)c2c1)CCCC4. The van der Waals surface area contributed by atoms with Gasteiger partial charge in [0, 0.05) is 87.4 Å². The lowest BCUT2D eigenvalue weighted by atomic mass is 9.86. The molecule has 496 valence electrons. The maximum Gasteiger partial charge on any atom is 0.0620 e. The third kappa shape index (κ3) is 11.2. The highest BCUT2D eigenvalue weighted by Gasteiger charge is 2.29. The predicted octanol–water partition coefficient (Wildman–Crippen LogP) is 27.2. The van der Waals surface area contributed by atoms with Crippen molar-refractivity contribution in [2.75, 3.05) is 9.80 Å². The molecule has 2 heterocycles. The Morgan fingerprint density at radius 1 is 0.202 bits per heavy atom. The molecule has 2 aromatic heterocycles. The van der Waals surface area contributed by atoms with Crippen LogP contribution in [0.2, 0.25) is 0 Å². The van der Waals surface area contributed by atoms with Crippen molar-refractivity contribution in [3.8, 4) is 11.4 Å². The van der Waals surface area contributed by atoms with Gasteiger partial charge in [-0.1, -0.05) is 267 Å². The Morgan fingerprint density at radius 3 is 0.760 bits per heavy atom. The molecule has 4 heteroatoms. The van der Waals surface area contributed by atoms with Gasteiger partial charge in [0.1, 0.15) is 0 Å². The summed E-state index contributed by atoms with van der Waals surface area (Å²) in [7, 11) is 0. The highest BCUT2D eigenvalue weighted by Crippen LogP contribution is 2.53. The molecule has 2 aliphatic carbocycles. The van der Waals surface area contributed by atoms with Crippen molar-refractivity contribution >= 4 is 145 Å². The topological polar surface area (TPSA) is 16.3 Å². The van der Waals surface area contributed by atoms with Crippen LogP contribution in [-0.2, 0) is 25.7 Å². The molecule has 0 aliphatic heterocycles. The van der Waals surface area contributed by atoms with Gasteiger partial charge in [-0.15, -0.1) is 0 Å². The number of nitrogens with zero attached hydrogens (tertiary/aromatic N) is 4. The summed E-state index contributed by atoms with van der Waals surface area (Å²) in [6, 6.07) is 125. The van der Waals surface area contributed by atoms with Gasteiger partial charge in [-0.25, -0.2) is 0 Å². The molecule has 0 amide bonds. The van der Waals surface area contributed by atoms with E-state index >= 15 is 0 Å². The molecule has 0 bridgehead atoms. The molecular weight excluding hydrogens is 1260 g/mol. The van der Waals surface area contributed by atoms with Gasteiger partial charge in [-0.2, -0.15) is 0 Å². The standard InChI is InChI=1S/C58H46N2.C42H30N2/c1-5-17-43(18-6-1)29-31-45-33-37-51(38-34-45)59(49-23-9-3-10-24-49)57-53-27-15-16-28-54(53)58(56-42-48-22-14-13-21-47(48)41-55(56)57)60(50-25-11-4-12-26-50)52-39-35-46(36-40-52)32-30-44-19-7-2-8-20-44;1-2-14-28-26-36-35(25-27(28)13-1)41(43-37-21-9-5-15-29(37)30-16-6-10-22-38(30)43)33-19-3-4-20-34(33)42(36)44-39-23-11-7-17-31(39)32-18-8-12-24-40(32)44/h1-12,15-20,23-42H,13-14,21-22H2;3-12,15-26H,1-2,13-14H2/b31-29+,32-30+;. The van der Waals surface area contributed by atoms with Gasteiger partial charge in [0.2, 0.25) is 0 Å². The van der Waals surface area contributed by atoms with Crippen LogP contribution >= 0.6 is 0 Å². The maximum atomic E-state index is 2.55. The summed E-state index contributed by atoms with van der Waals surface area (Å²) >= 11 is 0. The van der Waals surface area contributed by atoms with Gasteiger partial charge in [0.15, 0.2) is 0 Å². The van der Waals surface area contributed by atoms with Crippen molar-refractivity contribution in [2.24, 2.45) is 0 Å². The van der Waals surface area contributed by atoms with Crippen LogP contribution in [0.4, 0.5) is 34.1 Å². The normalized spacial score (nSPS) is 13.0. The van der Waals surface area contributed by atoms with E-state index in [1.807, 2.05) is 0 Å². The van der Waals surface area contributed by atoms with Gasteiger partial charge in [0.25, 0.3) is 0 Å². The van der Waals surface area contributed by atoms with E-state index in [1.54, 1.807) is 0 Å². The molecule has 0 unspecified atom stereocenters. The Kier molecular flexibility index (Phi) is 16.1. The number of fused-ring (bicyclic) bond motifs is 12. The van der Waals surface area contributed by atoms with Crippen LogP contribution < -0.4 is 9.80 Å². The van der Waals surface area contributed by atoms with Crippen LogP contribution in [0.5, 0.6) is 0 Å². The number of para-hydroxylation sites is 6. The van der Waals surface area contributed by atoms with Crippen LogP contribution in [0.25, 0.3) is 122 Å². The molecule has 104 heavy (non-hydrogen) atoms. The Hall–Kier alpha value is -12.8. The average molecular weight is 1330 g/mol. The minimum Gasteiger partial charge on any atom is -0.309 e. The Bertz CT molecular complexity index is 5830. The molecule has 16 aromatic carbocycles.